The zero-order valence-electron chi connectivity index (χ0n) is 13.3. The van der Waals surface area contributed by atoms with Crippen molar-refractivity contribution in [2.45, 2.75) is 18.4 Å². The Kier molecular flexibility index (Phi) is 5.18. The normalized spacial score (nSPS) is 23.0. The second kappa shape index (κ2) is 7.05. The highest BCUT2D eigenvalue weighted by Gasteiger charge is 2.43. The zero-order chi connectivity index (χ0) is 18.2. The van der Waals surface area contributed by atoms with Gasteiger partial charge in [-0.1, -0.05) is 23.2 Å². The van der Waals surface area contributed by atoms with Gasteiger partial charge < -0.3 is 9.80 Å². The predicted molar refractivity (Wildman–Crippen MR) is 90.3 cm³/mol. The highest BCUT2D eigenvalue weighted by Crippen LogP contribution is 2.26. The van der Waals surface area contributed by atoms with Crippen LogP contribution in [-0.2, 0) is 4.79 Å². The number of alkyl halides is 2. The van der Waals surface area contributed by atoms with Crippen molar-refractivity contribution in [2.24, 2.45) is 0 Å². The molecule has 0 bridgehead atoms. The molecule has 2 heterocycles. The first-order valence-electron chi connectivity index (χ1n) is 7.90. The molecular formula is C16H17Cl2F2N3O2. The molecule has 0 aromatic heterocycles. The summed E-state index contributed by atoms with van der Waals surface area (Å²) < 4.78 is 26.5. The highest BCUT2D eigenvalue weighted by molar-refractivity contribution is 6.35. The Labute approximate surface area is 153 Å². The van der Waals surface area contributed by atoms with Crippen LogP contribution >= 0.6 is 23.2 Å². The number of carbonyl (C=O) groups excluding carboxylic acids is 2. The van der Waals surface area contributed by atoms with E-state index in [9.17, 15) is 18.4 Å². The van der Waals surface area contributed by atoms with Gasteiger partial charge >= 0.3 is 0 Å². The number of halogens is 4. The van der Waals surface area contributed by atoms with Crippen LogP contribution in [0.3, 0.4) is 0 Å². The molecule has 2 amide bonds. The second-order valence-electron chi connectivity index (χ2n) is 6.27. The molecule has 2 aliphatic heterocycles. The molecule has 1 aromatic rings. The predicted octanol–water partition coefficient (Wildman–Crippen LogP) is 2.28. The number of nitrogens with one attached hydrogen (secondary N) is 1. The van der Waals surface area contributed by atoms with Crippen LogP contribution in [0.4, 0.5) is 8.78 Å². The van der Waals surface area contributed by atoms with Crippen molar-refractivity contribution in [1.82, 2.24) is 15.1 Å². The standard InChI is InChI=1S/C16H17Cl2F2N3O2/c17-11-5-10(6-12(18)7-11)14(24)22-1-3-23(4-2-22)15(25)13-8-16(19,20)9-21-13/h5-7,13,21H,1-4,8-9H2. The van der Waals surface area contributed by atoms with Crippen LogP contribution in [0.15, 0.2) is 18.2 Å². The van der Waals surface area contributed by atoms with Crippen LogP contribution < -0.4 is 5.32 Å². The number of hydrogen-bond donors (Lipinski definition) is 1. The smallest absolute Gasteiger partial charge is 0.262 e. The van der Waals surface area contributed by atoms with Crippen molar-refractivity contribution >= 4 is 35.0 Å². The van der Waals surface area contributed by atoms with Gasteiger partial charge in [-0.15, -0.1) is 0 Å². The number of carbonyl (C=O) groups is 2. The summed E-state index contributed by atoms with van der Waals surface area (Å²) in [5.41, 5.74) is 0.384. The highest BCUT2D eigenvalue weighted by atomic mass is 35.5. The SMILES string of the molecule is O=C(c1cc(Cl)cc(Cl)c1)N1CCN(C(=O)C2CC(F)(F)CN2)CC1. The summed E-state index contributed by atoms with van der Waals surface area (Å²) in [6.45, 7) is 0.804. The third kappa shape index (κ3) is 4.22. The molecule has 1 N–H and O–H groups in total. The minimum atomic E-state index is -2.84. The molecule has 2 aliphatic rings. The molecular weight excluding hydrogens is 375 g/mol. The van der Waals surface area contributed by atoms with Gasteiger partial charge in [0.2, 0.25) is 5.91 Å². The second-order valence-corrected chi connectivity index (χ2v) is 7.14. The fourth-order valence-electron chi connectivity index (χ4n) is 3.10. The summed E-state index contributed by atoms with van der Waals surface area (Å²) in [6.07, 6.45) is -0.480. The lowest BCUT2D eigenvalue weighted by Gasteiger charge is -2.36. The van der Waals surface area contributed by atoms with E-state index in [1.54, 1.807) is 11.0 Å². The van der Waals surface area contributed by atoms with Gasteiger partial charge in [-0.2, -0.15) is 0 Å². The molecule has 0 radical (unpaired) electrons. The van der Waals surface area contributed by atoms with Gasteiger partial charge in [0.05, 0.1) is 12.6 Å². The lowest BCUT2D eigenvalue weighted by Crippen LogP contribution is -2.54. The minimum absolute atomic E-state index is 0.220. The van der Waals surface area contributed by atoms with Crippen LogP contribution in [0.5, 0.6) is 0 Å². The molecule has 3 rings (SSSR count). The molecule has 25 heavy (non-hydrogen) atoms. The molecule has 0 aliphatic carbocycles. The van der Waals surface area contributed by atoms with Crippen molar-refractivity contribution in [2.75, 3.05) is 32.7 Å². The van der Waals surface area contributed by atoms with Crippen molar-refractivity contribution in [3.63, 3.8) is 0 Å². The van der Waals surface area contributed by atoms with Gasteiger partial charge in [0.1, 0.15) is 0 Å². The van der Waals surface area contributed by atoms with E-state index in [2.05, 4.69) is 5.32 Å². The van der Waals surface area contributed by atoms with Gasteiger partial charge in [0.25, 0.3) is 11.8 Å². The molecule has 136 valence electrons. The molecule has 2 fully saturated rings. The average Bonchev–Trinajstić information content (AvgIpc) is 2.93. The van der Waals surface area contributed by atoms with E-state index < -0.39 is 24.9 Å². The molecule has 0 spiro atoms. The minimum Gasteiger partial charge on any atom is -0.338 e. The fraction of sp³-hybridized carbons (Fsp3) is 0.500. The Morgan fingerprint density at radius 1 is 1.04 bits per heavy atom. The van der Waals surface area contributed by atoms with Crippen molar-refractivity contribution < 1.29 is 18.4 Å². The molecule has 2 saturated heterocycles. The maximum Gasteiger partial charge on any atom is 0.262 e. The maximum atomic E-state index is 13.2. The first kappa shape index (κ1) is 18.4. The number of nitrogens with zero attached hydrogens (tertiary/aromatic N) is 2. The van der Waals surface area contributed by atoms with E-state index in [1.807, 2.05) is 0 Å². The molecule has 5 nitrogen and oxygen atoms in total. The Hall–Kier alpha value is -1.44. The van der Waals surface area contributed by atoms with E-state index in [1.165, 1.54) is 17.0 Å². The summed E-state index contributed by atoms with van der Waals surface area (Å²) in [6, 6.07) is 3.76. The topological polar surface area (TPSA) is 52.7 Å². The number of amides is 2. The third-order valence-corrected chi connectivity index (χ3v) is 4.83. The maximum absolute atomic E-state index is 13.2. The largest absolute Gasteiger partial charge is 0.338 e. The van der Waals surface area contributed by atoms with Gasteiger partial charge in [-0.05, 0) is 18.2 Å². The third-order valence-electron chi connectivity index (χ3n) is 4.40. The number of piperazine rings is 1. The molecule has 1 aromatic carbocycles. The van der Waals surface area contributed by atoms with Crippen molar-refractivity contribution in [1.29, 1.82) is 0 Å². The van der Waals surface area contributed by atoms with Crippen molar-refractivity contribution in [3.8, 4) is 0 Å². The van der Waals surface area contributed by atoms with E-state index >= 15 is 0 Å². The lowest BCUT2D eigenvalue weighted by molar-refractivity contribution is -0.135. The number of hydrogen-bond acceptors (Lipinski definition) is 3. The number of benzene rings is 1. The van der Waals surface area contributed by atoms with E-state index in [-0.39, 0.29) is 11.8 Å². The van der Waals surface area contributed by atoms with E-state index in [4.69, 9.17) is 23.2 Å². The van der Waals surface area contributed by atoms with Crippen LogP contribution in [0.1, 0.15) is 16.8 Å². The first-order chi connectivity index (χ1) is 11.7. The molecule has 1 atom stereocenters. The van der Waals surface area contributed by atoms with Gasteiger partial charge in [-0.25, -0.2) is 8.78 Å². The Bertz CT molecular complexity index is 674. The van der Waals surface area contributed by atoms with Crippen LogP contribution in [-0.4, -0.2) is 66.3 Å². The molecule has 9 heteroatoms. The van der Waals surface area contributed by atoms with Crippen molar-refractivity contribution in [3.05, 3.63) is 33.8 Å². The summed E-state index contributed by atoms with van der Waals surface area (Å²) in [5, 5.41) is 3.31. The molecule has 0 saturated carbocycles. The van der Waals surface area contributed by atoms with Gasteiger partial charge in [0.15, 0.2) is 0 Å². The zero-order valence-corrected chi connectivity index (χ0v) is 14.8. The summed E-state index contributed by atoms with van der Waals surface area (Å²) in [5.74, 6) is -3.40. The summed E-state index contributed by atoms with van der Waals surface area (Å²) >= 11 is 11.8. The molecule has 1 unspecified atom stereocenters. The van der Waals surface area contributed by atoms with Crippen LogP contribution in [0.2, 0.25) is 10.0 Å². The number of rotatable bonds is 2. The quantitative estimate of drug-likeness (QED) is 0.841. The monoisotopic (exact) mass is 391 g/mol. The summed E-state index contributed by atoms with van der Waals surface area (Å²) in [4.78, 5) is 28.0. The Morgan fingerprint density at radius 3 is 2.12 bits per heavy atom. The van der Waals surface area contributed by atoms with Gasteiger partial charge in [-0.3, -0.25) is 14.9 Å². The summed E-state index contributed by atoms with van der Waals surface area (Å²) in [7, 11) is 0. The lowest BCUT2D eigenvalue weighted by atomic mass is 10.1. The van der Waals surface area contributed by atoms with E-state index in [0.717, 1.165) is 0 Å². The van der Waals surface area contributed by atoms with Crippen LogP contribution in [0, 0.1) is 0 Å². The van der Waals surface area contributed by atoms with E-state index in [0.29, 0.717) is 41.8 Å². The Balaban J connectivity index is 1.58. The van der Waals surface area contributed by atoms with Gasteiger partial charge in [0, 0.05) is 48.2 Å². The van der Waals surface area contributed by atoms with Crippen LogP contribution in [0.25, 0.3) is 0 Å². The first-order valence-corrected chi connectivity index (χ1v) is 8.66. The fourth-order valence-corrected chi connectivity index (χ4v) is 3.63. The Morgan fingerprint density at radius 2 is 1.60 bits per heavy atom. The average molecular weight is 392 g/mol.